The highest BCUT2D eigenvalue weighted by molar-refractivity contribution is 7.71. The molecule has 2 heterocycles. The van der Waals surface area contributed by atoms with Gasteiger partial charge in [-0.05, 0) is 24.4 Å². The van der Waals surface area contributed by atoms with Crippen molar-refractivity contribution in [2.24, 2.45) is 0 Å². The molecule has 6 heteroatoms. The number of fused-ring (bicyclic) bond motifs is 1. The molecule has 0 aliphatic heterocycles. The summed E-state index contributed by atoms with van der Waals surface area (Å²) in [5.41, 5.74) is 2.60. The third kappa shape index (κ3) is 2.55. The largest absolute Gasteiger partial charge is 0.383 e. The molecule has 108 valence electrons. The van der Waals surface area contributed by atoms with Gasteiger partial charge in [-0.1, -0.05) is 12.1 Å². The molecule has 0 bridgehead atoms. The van der Waals surface area contributed by atoms with E-state index in [1.54, 1.807) is 13.2 Å². The Morgan fingerprint density at radius 1 is 1.33 bits per heavy atom. The lowest BCUT2D eigenvalue weighted by atomic mass is 10.1. The van der Waals surface area contributed by atoms with Gasteiger partial charge in [0.25, 0.3) is 5.56 Å². The number of ether oxygens (including phenoxy) is 1. The molecule has 0 amide bonds. The minimum Gasteiger partial charge on any atom is -0.383 e. The van der Waals surface area contributed by atoms with Crippen LogP contribution in [0.4, 0.5) is 0 Å². The summed E-state index contributed by atoms with van der Waals surface area (Å²) < 4.78 is 7.42. The first-order chi connectivity index (χ1) is 10.2. The molecular weight excluding hydrogens is 286 g/mol. The molecule has 0 atom stereocenters. The lowest BCUT2D eigenvalue weighted by Gasteiger charge is -2.14. The Bertz CT molecular complexity index is 892. The van der Waals surface area contributed by atoms with E-state index in [0.29, 0.717) is 17.9 Å². The average molecular weight is 301 g/mol. The SMILES string of the molecule is COCCn1c(-c2cccc3[nH]ccc23)cc(=O)[nH]c1=S. The van der Waals surface area contributed by atoms with Crippen LogP contribution in [0.3, 0.4) is 0 Å². The van der Waals surface area contributed by atoms with E-state index in [-0.39, 0.29) is 5.56 Å². The molecule has 0 unspecified atom stereocenters. The van der Waals surface area contributed by atoms with E-state index in [2.05, 4.69) is 9.97 Å². The van der Waals surface area contributed by atoms with E-state index < -0.39 is 0 Å². The predicted octanol–water partition coefficient (Wildman–Crippen LogP) is 2.70. The highest BCUT2D eigenvalue weighted by Crippen LogP contribution is 2.27. The maximum Gasteiger partial charge on any atom is 0.252 e. The Balaban J connectivity index is 2.28. The summed E-state index contributed by atoms with van der Waals surface area (Å²) in [5, 5.41) is 1.06. The molecule has 0 saturated heterocycles. The van der Waals surface area contributed by atoms with Crippen LogP contribution in [0.1, 0.15) is 0 Å². The number of aromatic amines is 2. The summed E-state index contributed by atoms with van der Waals surface area (Å²) in [6.45, 7) is 1.11. The normalized spacial score (nSPS) is 11.1. The molecular formula is C15H15N3O2S. The molecule has 0 spiro atoms. The second-order valence-corrected chi connectivity index (χ2v) is 5.10. The van der Waals surface area contributed by atoms with Gasteiger partial charge in [-0.15, -0.1) is 0 Å². The van der Waals surface area contributed by atoms with Gasteiger partial charge >= 0.3 is 0 Å². The molecule has 5 nitrogen and oxygen atoms in total. The number of nitrogens with zero attached hydrogens (tertiary/aromatic N) is 1. The van der Waals surface area contributed by atoms with Gasteiger partial charge in [-0.2, -0.15) is 0 Å². The van der Waals surface area contributed by atoms with Crippen LogP contribution in [-0.2, 0) is 11.3 Å². The maximum atomic E-state index is 11.8. The summed E-state index contributed by atoms with van der Waals surface area (Å²) in [6, 6.07) is 9.52. The molecule has 0 saturated carbocycles. The highest BCUT2D eigenvalue weighted by Gasteiger charge is 2.10. The Labute approximate surface area is 126 Å². The van der Waals surface area contributed by atoms with Gasteiger partial charge < -0.3 is 14.3 Å². The zero-order valence-electron chi connectivity index (χ0n) is 11.6. The number of methoxy groups -OCH3 is 1. The predicted molar refractivity (Wildman–Crippen MR) is 85.1 cm³/mol. The Morgan fingerprint density at radius 2 is 2.19 bits per heavy atom. The first kappa shape index (κ1) is 13.8. The molecule has 0 aliphatic rings. The maximum absolute atomic E-state index is 11.8. The number of hydrogen-bond acceptors (Lipinski definition) is 3. The van der Waals surface area contributed by atoms with Crippen molar-refractivity contribution in [3.05, 3.63) is 51.7 Å². The van der Waals surface area contributed by atoms with Crippen LogP contribution in [0, 0.1) is 4.77 Å². The quantitative estimate of drug-likeness (QED) is 0.728. The molecule has 2 N–H and O–H groups in total. The second kappa shape index (κ2) is 5.67. The fourth-order valence-corrected chi connectivity index (χ4v) is 2.75. The van der Waals surface area contributed by atoms with Gasteiger partial charge in [-0.3, -0.25) is 9.78 Å². The number of nitrogens with one attached hydrogen (secondary N) is 2. The standard InChI is InChI=1S/C15H15N3O2S/c1-20-8-7-18-13(9-14(19)17-15(18)21)11-3-2-4-12-10(11)5-6-16-12/h2-6,9,16H,7-8H2,1H3,(H,17,19,21). The van der Waals surface area contributed by atoms with Crippen LogP contribution in [0.2, 0.25) is 0 Å². The number of hydrogen-bond donors (Lipinski definition) is 2. The van der Waals surface area contributed by atoms with Crippen molar-refractivity contribution in [3.8, 4) is 11.3 Å². The van der Waals surface area contributed by atoms with Gasteiger partial charge in [-0.25, -0.2) is 0 Å². The van der Waals surface area contributed by atoms with Gasteiger partial charge in [0.1, 0.15) is 0 Å². The van der Waals surface area contributed by atoms with E-state index in [0.717, 1.165) is 22.2 Å². The summed E-state index contributed by atoms with van der Waals surface area (Å²) in [7, 11) is 1.64. The highest BCUT2D eigenvalue weighted by atomic mass is 32.1. The van der Waals surface area contributed by atoms with E-state index in [9.17, 15) is 4.79 Å². The fraction of sp³-hybridized carbons (Fsp3) is 0.200. The first-order valence-corrected chi connectivity index (χ1v) is 7.01. The van der Waals surface area contributed by atoms with Crippen molar-refractivity contribution in [2.45, 2.75) is 6.54 Å². The first-order valence-electron chi connectivity index (χ1n) is 6.60. The van der Waals surface area contributed by atoms with Crippen LogP contribution in [0.15, 0.2) is 41.3 Å². The van der Waals surface area contributed by atoms with Crippen LogP contribution in [0.25, 0.3) is 22.2 Å². The zero-order valence-corrected chi connectivity index (χ0v) is 12.4. The van der Waals surface area contributed by atoms with Crippen molar-refractivity contribution in [1.82, 2.24) is 14.5 Å². The molecule has 3 rings (SSSR count). The third-order valence-corrected chi connectivity index (χ3v) is 3.75. The molecule has 1 aromatic carbocycles. The molecule has 21 heavy (non-hydrogen) atoms. The van der Waals surface area contributed by atoms with Crippen molar-refractivity contribution < 1.29 is 4.74 Å². The third-order valence-electron chi connectivity index (χ3n) is 3.42. The Morgan fingerprint density at radius 3 is 3.00 bits per heavy atom. The summed E-state index contributed by atoms with van der Waals surface area (Å²) in [5.74, 6) is 0. The van der Waals surface area contributed by atoms with Crippen molar-refractivity contribution >= 4 is 23.1 Å². The minimum absolute atomic E-state index is 0.198. The molecule has 0 aliphatic carbocycles. The number of rotatable bonds is 4. The minimum atomic E-state index is -0.198. The second-order valence-electron chi connectivity index (χ2n) is 4.71. The lowest BCUT2D eigenvalue weighted by molar-refractivity contribution is 0.187. The topological polar surface area (TPSA) is 62.8 Å². The van der Waals surface area contributed by atoms with E-state index in [1.165, 1.54) is 0 Å². The van der Waals surface area contributed by atoms with E-state index >= 15 is 0 Å². The smallest absolute Gasteiger partial charge is 0.252 e. The number of benzene rings is 1. The lowest BCUT2D eigenvalue weighted by Crippen LogP contribution is -2.16. The molecule has 2 aromatic heterocycles. The van der Waals surface area contributed by atoms with Crippen LogP contribution in [0.5, 0.6) is 0 Å². The molecule has 0 radical (unpaired) electrons. The van der Waals surface area contributed by atoms with E-state index in [1.807, 2.05) is 35.0 Å². The number of aromatic nitrogens is 3. The summed E-state index contributed by atoms with van der Waals surface area (Å²) >= 11 is 5.29. The zero-order chi connectivity index (χ0) is 14.8. The summed E-state index contributed by atoms with van der Waals surface area (Å²) in [6.07, 6.45) is 1.88. The number of H-pyrrole nitrogens is 2. The van der Waals surface area contributed by atoms with E-state index in [4.69, 9.17) is 17.0 Å². The van der Waals surface area contributed by atoms with Crippen LogP contribution >= 0.6 is 12.2 Å². The Hall–Kier alpha value is -2.18. The molecule has 0 fully saturated rings. The Kier molecular flexibility index (Phi) is 3.72. The van der Waals surface area contributed by atoms with Gasteiger partial charge in [0.2, 0.25) is 0 Å². The van der Waals surface area contributed by atoms with Crippen molar-refractivity contribution in [2.75, 3.05) is 13.7 Å². The average Bonchev–Trinajstić information content (AvgIpc) is 2.94. The van der Waals surface area contributed by atoms with Crippen LogP contribution < -0.4 is 5.56 Å². The molecule has 3 aromatic rings. The van der Waals surface area contributed by atoms with Crippen molar-refractivity contribution in [3.63, 3.8) is 0 Å². The monoisotopic (exact) mass is 301 g/mol. The summed E-state index contributed by atoms with van der Waals surface area (Å²) in [4.78, 5) is 17.6. The van der Waals surface area contributed by atoms with Crippen molar-refractivity contribution in [1.29, 1.82) is 0 Å². The van der Waals surface area contributed by atoms with Gasteiger partial charge in [0.05, 0.1) is 12.3 Å². The van der Waals surface area contributed by atoms with Crippen LogP contribution in [-0.4, -0.2) is 28.3 Å². The van der Waals surface area contributed by atoms with Gasteiger partial charge in [0, 0.05) is 42.4 Å². The fourth-order valence-electron chi connectivity index (χ4n) is 2.46. The van der Waals surface area contributed by atoms with Gasteiger partial charge in [0.15, 0.2) is 4.77 Å².